The van der Waals surface area contributed by atoms with Crippen LogP contribution in [0.15, 0.2) is 18.3 Å². The molecule has 1 aromatic heterocycles. The molecule has 0 fully saturated rings. The van der Waals surface area contributed by atoms with Gasteiger partial charge in [-0.3, -0.25) is 4.98 Å². The Labute approximate surface area is 48.4 Å². The van der Waals surface area contributed by atoms with Crippen molar-refractivity contribution in [3.8, 4) is 0 Å². The van der Waals surface area contributed by atoms with Gasteiger partial charge in [-0.05, 0) is 18.2 Å². The molecule has 0 amide bonds. The molecule has 0 aliphatic carbocycles. The van der Waals surface area contributed by atoms with Crippen LogP contribution in [0.5, 0.6) is 0 Å². The normalized spacial score (nSPS) is 9.12. The van der Waals surface area contributed by atoms with Gasteiger partial charge in [0.05, 0.1) is 5.69 Å². The number of rotatable bonds is 1. The standard InChI is InChI=1S/C6H7N2/c7-5-6-3-1-2-4-8-6/h2-4H,5,7H2. The van der Waals surface area contributed by atoms with Crippen LogP contribution in [0.25, 0.3) is 0 Å². The maximum Gasteiger partial charge on any atom is 0.0545 e. The first kappa shape index (κ1) is 5.25. The van der Waals surface area contributed by atoms with Crippen LogP contribution in [0.2, 0.25) is 0 Å². The van der Waals surface area contributed by atoms with Crippen molar-refractivity contribution in [3.05, 3.63) is 30.1 Å². The zero-order valence-electron chi connectivity index (χ0n) is 4.46. The quantitative estimate of drug-likeness (QED) is 0.562. The number of aromatic nitrogens is 1. The molecular formula is C6H7N2. The summed E-state index contributed by atoms with van der Waals surface area (Å²) in [6.45, 7) is 0.497. The Hall–Kier alpha value is -0.890. The molecule has 0 bridgehead atoms. The number of nitrogens with two attached hydrogens (primary N) is 1. The molecular weight excluding hydrogens is 100 g/mol. The molecule has 2 N–H and O–H groups in total. The van der Waals surface area contributed by atoms with Crippen LogP contribution in [-0.4, -0.2) is 4.98 Å². The third-order valence-electron chi connectivity index (χ3n) is 0.870. The fraction of sp³-hybridized carbons (Fsp3) is 0.167. The van der Waals surface area contributed by atoms with Crippen LogP contribution in [-0.2, 0) is 6.54 Å². The monoisotopic (exact) mass is 107 g/mol. The average molecular weight is 107 g/mol. The van der Waals surface area contributed by atoms with Crippen LogP contribution < -0.4 is 5.73 Å². The highest BCUT2D eigenvalue weighted by Crippen LogP contribution is 1.87. The molecule has 2 nitrogen and oxygen atoms in total. The second-order valence-corrected chi connectivity index (χ2v) is 1.45. The summed E-state index contributed by atoms with van der Waals surface area (Å²) in [5, 5.41) is 0. The van der Waals surface area contributed by atoms with Gasteiger partial charge in [-0.2, -0.15) is 0 Å². The molecule has 0 aromatic carbocycles. The van der Waals surface area contributed by atoms with Gasteiger partial charge in [0, 0.05) is 12.7 Å². The predicted octanol–water partition coefficient (Wildman–Crippen LogP) is 0.340. The zero-order valence-corrected chi connectivity index (χ0v) is 4.46. The van der Waals surface area contributed by atoms with E-state index in [-0.39, 0.29) is 0 Å². The minimum Gasteiger partial charge on any atom is -0.325 e. The van der Waals surface area contributed by atoms with E-state index in [0.29, 0.717) is 6.54 Å². The number of pyridine rings is 1. The Morgan fingerprint density at radius 2 is 2.62 bits per heavy atom. The van der Waals surface area contributed by atoms with E-state index in [9.17, 15) is 0 Å². The van der Waals surface area contributed by atoms with E-state index in [1.165, 1.54) is 0 Å². The van der Waals surface area contributed by atoms with Crippen LogP contribution in [0.3, 0.4) is 0 Å². The molecule has 0 saturated heterocycles. The fourth-order valence-corrected chi connectivity index (χ4v) is 0.469. The molecule has 41 valence electrons. The predicted molar refractivity (Wildman–Crippen MR) is 31.0 cm³/mol. The number of hydrogen-bond donors (Lipinski definition) is 1. The molecule has 0 unspecified atom stereocenters. The summed E-state index contributed by atoms with van der Waals surface area (Å²) in [6, 6.07) is 6.40. The summed E-state index contributed by atoms with van der Waals surface area (Å²) in [7, 11) is 0. The van der Waals surface area contributed by atoms with Crippen molar-refractivity contribution in [1.82, 2.24) is 4.98 Å². The van der Waals surface area contributed by atoms with Gasteiger partial charge in [0.1, 0.15) is 0 Å². The van der Waals surface area contributed by atoms with E-state index in [2.05, 4.69) is 11.1 Å². The van der Waals surface area contributed by atoms with Crippen molar-refractivity contribution >= 4 is 0 Å². The summed E-state index contributed by atoms with van der Waals surface area (Å²) in [6.07, 6.45) is 1.68. The van der Waals surface area contributed by atoms with Crippen LogP contribution in [0, 0.1) is 6.07 Å². The molecule has 2 heteroatoms. The molecule has 1 radical (unpaired) electrons. The fourth-order valence-electron chi connectivity index (χ4n) is 0.469. The summed E-state index contributed by atoms with van der Waals surface area (Å²) in [4.78, 5) is 3.94. The minimum absolute atomic E-state index is 0.497. The topological polar surface area (TPSA) is 38.9 Å². The second kappa shape index (κ2) is 2.43. The van der Waals surface area contributed by atoms with Crippen molar-refractivity contribution in [3.63, 3.8) is 0 Å². The van der Waals surface area contributed by atoms with E-state index >= 15 is 0 Å². The van der Waals surface area contributed by atoms with Gasteiger partial charge in [-0.15, -0.1) is 0 Å². The van der Waals surface area contributed by atoms with Crippen molar-refractivity contribution in [2.45, 2.75) is 6.54 Å². The average Bonchev–Trinajstić information content (AvgIpc) is 1.90. The molecule has 1 rings (SSSR count). The molecule has 1 aromatic rings. The number of hydrogen-bond acceptors (Lipinski definition) is 2. The molecule has 0 spiro atoms. The van der Waals surface area contributed by atoms with Crippen LogP contribution in [0.4, 0.5) is 0 Å². The summed E-state index contributed by atoms with van der Waals surface area (Å²) in [5.74, 6) is 0. The molecule has 0 atom stereocenters. The summed E-state index contributed by atoms with van der Waals surface area (Å²) in [5.41, 5.74) is 6.15. The van der Waals surface area contributed by atoms with Gasteiger partial charge in [-0.1, -0.05) is 0 Å². The highest BCUT2D eigenvalue weighted by Gasteiger charge is 1.82. The van der Waals surface area contributed by atoms with E-state index < -0.39 is 0 Å². The highest BCUT2D eigenvalue weighted by atomic mass is 14.7. The van der Waals surface area contributed by atoms with Crippen molar-refractivity contribution in [1.29, 1.82) is 0 Å². The van der Waals surface area contributed by atoms with Gasteiger partial charge in [0.15, 0.2) is 0 Å². The largest absolute Gasteiger partial charge is 0.325 e. The summed E-state index contributed by atoms with van der Waals surface area (Å²) < 4.78 is 0. The number of nitrogens with zero attached hydrogens (tertiary/aromatic N) is 1. The molecule has 0 aliphatic heterocycles. The minimum atomic E-state index is 0.497. The Bertz CT molecular complexity index is 148. The first-order chi connectivity index (χ1) is 3.93. The zero-order chi connectivity index (χ0) is 5.82. The van der Waals surface area contributed by atoms with Crippen molar-refractivity contribution in [2.75, 3.05) is 0 Å². The van der Waals surface area contributed by atoms with E-state index in [4.69, 9.17) is 5.73 Å². The lowest BCUT2D eigenvalue weighted by Gasteiger charge is -1.88. The SMILES string of the molecule is NCc1c[c]ccn1. The molecule has 1 heterocycles. The third kappa shape index (κ3) is 1.04. The van der Waals surface area contributed by atoms with Gasteiger partial charge >= 0.3 is 0 Å². The Kier molecular flexibility index (Phi) is 1.59. The summed E-state index contributed by atoms with van der Waals surface area (Å²) >= 11 is 0. The molecule has 0 aliphatic rings. The lowest BCUT2D eigenvalue weighted by molar-refractivity contribution is 0.990. The first-order valence-corrected chi connectivity index (χ1v) is 2.44. The lowest BCUT2D eigenvalue weighted by Crippen LogP contribution is -1.97. The lowest BCUT2D eigenvalue weighted by atomic mass is 10.4. The second-order valence-electron chi connectivity index (χ2n) is 1.45. The third-order valence-corrected chi connectivity index (χ3v) is 0.870. The van der Waals surface area contributed by atoms with Gasteiger partial charge in [0.25, 0.3) is 0 Å². The van der Waals surface area contributed by atoms with Crippen molar-refractivity contribution < 1.29 is 0 Å². The Balaban J connectivity index is 2.83. The van der Waals surface area contributed by atoms with Crippen LogP contribution in [0.1, 0.15) is 5.69 Å². The maximum absolute atomic E-state index is 5.27. The van der Waals surface area contributed by atoms with E-state index in [1.807, 2.05) is 0 Å². The highest BCUT2D eigenvalue weighted by molar-refractivity contribution is 5.00. The van der Waals surface area contributed by atoms with Crippen LogP contribution >= 0.6 is 0 Å². The van der Waals surface area contributed by atoms with Gasteiger partial charge in [0.2, 0.25) is 0 Å². The van der Waals surface area contributed by atoms with E-state index in [1.54, 1.807) is 18.3 Å². The Morgan fingerprint density at radius 3 is 3.00 bits per heavy atom. The van der Waals surface area contributed by atoms with Gasteiger partial charge in [-0.25, -0.2) is 0 Å². The molecule has 8 heavy (non-hydrogen) atoms. The Morgan fingerprint density at radius 1 is 1.75 bits per heavy atom. The maximum atomic E-state index is 5.27. The van der Waals surface area contributed by atoms with E-state index in [0.717, 1.165) is 5.69 Å². The van der Waals surface area contributed by atoms with Crippen molar-refractivity contribution in [2.24, 2.45) is 5.73 Å². The first-order valence-electron chi connectivity index (χ1n) is 2.44. The van der Waals surface area contributed by atoms with Gasteiger partial charge < -0.3 is 5.73 Å². The smallest absolute Gasteiger partial charge is 0.0545 e. The molecule has 0 saturated carbocycles.